The lowest BCUT2D eigenvalue weighted by molar-refractivity contribution is 0.174. The summed E-state index contributed by atoms with van der Waals surface area (Å²) >= 11 is 4.85. The van der Waals surface area contributed by atoms with Crippen molar-refractivity contribution in [1.82, 2.24) is 4.98 Å². The van der Waals surface area contributed by atoms with Gasteiger partial charge in [0.25, 0.3) is 0 Å². The number of benzene rings is 1. The van der Waals surface area contributed by atoms with Crippen molar-refractivity contribution >= 4 is 28.6 Å². The molecule has 3 N–H and O–H groups in total. The molecule has 2 aromatic rings. The number of nitrogens with one attached hydrogen (secondary N) is 1. The van der Waals surface area contributed by atoms with Gasteiger partial charge in [0.2, 0.25) is 6.79 Å². The van der Waals surface area contributed by atoms with E-state index in [0.717, 1.165) is 22.9 Å². The zero-order valence-electron chi connectivity index (χ0n) is 9.92. The number of rotatable bonds is 3. The number of aromatic nitrogens is 1. The number of nitrogens with zero attached hydrogens (tertiary/aromatic N) is 1. The fourth-order valence-corrected chi connectivity index (χ4v) is 1.88. The second-order valence-corrected chi connectivity index (χ2v) is 4.43. The zero-order valence-corrected chi connectivity index (χ0v) is 10.7. The monoisotopic (exact) mass is 273 g/mol. The highest BCUT2D eigenvalue weighted by Crippen LogP contribution is 2.34. The largest absolute Gasteiger partial charge is 0.454 e. The number of nitrogens with two attached hydrogens (primary N) is 1. The molecule has 0 atom stereocenters. The van der Waals surface area contributed by atoms with Crippen LogP contribution in [0.2, 0.25) is 0 Å². The van der Waals surface area contributed by atoms with Crippen LogP contribution >= 0.6 is 12.2 Å². The van der Waals surface area contributed by atoms with E-state index in [-0.39, 0.29) is 11.8 Å². The molecule has 1 aromatic heterocycles. The first kappa shape index (κ1) is 11.7. The summed E-state index contributed by atoms with van der Waals surface area (Å²) in [5.74, 6) is 1.49. The van der Waals surface area contributed by atoms with E-state index in [1.54, 1.807) is 12.3 Å². The normalized spacial score (nSPS) is 12.2. The van der Waals surface area contributed by atoms with Crippen molar-refractivity contribution in [2.24, 2.45) is 5.73 Å². The first-order valence-electron chi connectivity index (χ1n) is 5.65. The topological polar surface area (TPSA) is 69.4 Å². The van der Waals surface area contributed by atoms with Gasteiger partial charge in [0.15, 0.2) is 11.5 Å². The van der Waals surface area contributed by atoms with Gasteiger partial charge in [-0.2, -0.15) is 0 Å². The first-order valence-corrected chi connectivity index (χ1v) is 6.06. The van der Waals surface area contributed by atoms with Crippen molar-refractivity contribution < 1.29 is 9.47 Å². The maximum atomic E-state index is 5.50. The Labute approximate surface area is 115 Å². The van der Waals surface area contributed by atoms with Crippen LogP contribution in [-0.2, 0) is 0 Å². The molecule has 0 saturated carbocycles. The van der Waals surface area contributed by atoms with Crippen molar-refractivity contribution in [2.75, 3.05) is 12.1 Å². The molecule has 6 heteroatoms. The molecule has 0 spiro atoms. The minimum atomic E-state index is 0.267. The maximum Gasteiger partial charge on any atom is 0.231 e. The van der Waals surface area contributed by atoms with Crippen LogP contribution in [-0.4, -0.2) is 16.8 Å². The molecular formula is C13H11N3O2S. The molecule has 1 aromatic carbocycles. The lowest BCUT2D eigenvalue weighted by Gasteiger charge is -2.07. The van der Waals surface area contributed by atoms with E-state index in [1.807, 2.05) is 24.3 Å². The summed E-state index contributed by atoms with van der Waals surface area (Å²) in [6.45, 7) is 0.267. The summed E-state index contributed by atoms with van der Waals surface area (Å²) in [5.41, 5.74) is 7.84. The molecule has 96 valence electrons. The third-order valence-electron chi connectivity index (χ3n) is 2.68. The molecule has 1 aliphatic rings. The highest BCUT2D eigenvalue weighted by molar-refractivity contribution is 7.80. The van der Waals surface area contributed by atoms with Gasteiger partial charge in [-0.05, 0) is 24.3 Å². The molecule has 3 rings (SSSR count). The van der Waals surface area contributed by atoms with Crippen molar-refractivity contribution in [3.63, 3.8) is 0 Å². The van der Waals surface area contributed by atoms with Crippen molar-refractivity contribution in [2.45, 2.75) is 0 Å². The van der Waals surface area contributed by atoms with Gasteiger partial charge in [-0.1, -0.05) is 12.2 Å². The second kappa shape index (κ2) is 4.74. The molecule has 1 aliphatic heterocycles. The number of thiocarbonyl (C=S) groups is 1. The summed E-state index contributed by atoms with van der Waals surface area (Å²) in [4.78, 5) is 4.45. The molecule has 0 amide bonds. The van der Waals surface area contributed by atoms with Crippen LogP contribution in [0.4, 0.5) is 11.4 Å². The van der Waals surface area contributed by atoms with Crippen LogP contribution in [0.5, 0.6) is 11.5 Å². The molecular weight excluding hydrogens is 262 g/mol. The van der Waals surface area contributed by atoms with E-state index in [9.17, 15) is 0 Å². The predicted molar refractivity (Wildman–Crippen MR) is 76.0 cm³/mol. The highest BCUT2D eigenvalue weighted by Gasteiger charge is 2.13. The fraction of sp³-hybridized carbons (Fsp3) is 0.0769. The van der Waals surface area contributed by atoms with E-state index in [1.165, 1.54) is 0 Å². The van der Waals surface area contributed by atoms with Gasteiger partial charge in [-0.25, -0.2) is 0 Å². The van der Waals surface area contributed by atoms with E-state index >= 15 is 0 Å². The van der Waals surface area contributed by atoms with E-state index in [0.29, 0.717) is 5.69 Å². The number of anilines is 2. The van der Waals surface area contributed by atoms with E-state index in [2.05, 4.69) is 10.3 Å². The third kappa shape index (κ3) is 2.43. The van der Waals surface area contributed by atoms with Crippen LogP contribution in [0.3, 0.4) is 0 Å². The number of hydrogen-bond donors (Lipinski definition) is 2. The van der Waals surface area contributed by atoms with Crippen LogP contribution in [0.1, 0.15) is 5.69 Å². The Kier molecular flexibility index (Phi) is 2.92. The van der Waals surface area contributed by atoms with Gasteiger partial charge < -0.3 is 20.5 Å². The Hall–Kier alpha value is -2.34. The first-order chi connectivity index (χ1) is 9.22. The van der Waals surface area contributed by atoms with Crippen LogP contribution < -0.4 is 20.5 Å². The average Bonchev–Trinajstić information content (AvgIpc) is 2.87. The standard InChI is InChI=1S/C13H11N3O2S/c14-13(19)10-3-1-9(6-15-10)16-8-2-4-11-12(5-8)18-7-17-11/h1-6,16H,7H2,(H2,14,19). The predicted octanol–water partition coefficient (Wildman–Crippen LogP) is 2.19. The third-order valence-corrected chi connectivity index (χ3v) is 2.89. The maximum absolute atomic E-state index is 5.50. The zero-order chi connectivity index (χ0) is 13.2. The van der Waals surface area contributed by atoms with Crippen LogP contribution in [0.25, 0.3) is 0 Å². The Morgan fingerprint density at radius 3 is 2.68 bits per heavy atom. The quantitative estimate of drug-likeness (QED) is 0.835. The molecule has 2 heterocycles. The smallest absolute Gasteiger partial charge is 0.231 e. The molecule has 0 fully saturated rings. The lowest BCUT2D eigenvalue weighted by atomic mass is 10.2. The molecule has 5 nitrogen and oxygen atoms in total. The summed E-state index contributed by atoms with van der Waals surface area (Å²) in [7, 11) is 0. The minimum Gasteiger partial charge on any atom is -0.454 e. The summed E-state index contributed by atoms with van der Waals surface area (Å²) in [6.07, 6.45) is 1.68. The lowest BCUT2D eigenvalue weighted by Crippen LogP contribution is -2.11. The average molecular weight is 273 g/mol. The summed E-state index contributed by atoms with van der Waals surface area (Å²) in [6, 6.07) is 9.30. The Morgan fingerprint density at radius 2 is 1.95 bits per heavy atom. The fourth-order valence-electron chi connectivity index (χ4n) is 1.75. The van der Waals surface area contributed by atoms with Crippen molar-refractivity contribution in [3.05, 3.63) is 42.2 Å². The van der Waals surface area contributed by atoms with Crippen LogP contribution in [0.15, 0.2) is 36.5 Å². The van der Waals surface area contributed by atoms with Gasteiger partial charge in [0.1, 0.15) is 4.99 Å². The number of pyridine rings is 1. The Bertz CT molecular complexity index is 628. The second-order valence-electron chi connectivity index (χ2n) is 3.99. The van der Waals surface area contributed by atoms with Gasteiger partial charge in [0, 0.05) is 11.8 Å². The molecule has 0 radical (unpaired) electrons. The van der Waals surface area contributed by atoms with Gasteiger partial charge in [-0.15, -0.1) is 0 Å². The number of fused-ring (bicyclic) bond motifs is 1. The summed E-state index contributed by atoms with van der Waals surface area (Å²) in [5, 5.41) is 3.22. The number of hydrogen-bond acceptors (Lipinski definition) is 5. The Balaban J connectivity index is 1.79. The molecule has 19 heavy (non-hydrogen) atoms. The van der Waals surface area contributed by atoms with E-state index in [4.69, 9.17) is 27.4 Å². The number of ether oxygens (including phenoxy) is 2. The van der Waals surface area contributed by atoms with Gasteiger partial charge in [0.05, 0.1) is 17.6 Å². The van der Waals surface area contributed by atoms with Crippen molar-refractivity contribution in [1.29, 1.82) is 0 Å². The van der Waals surface area contributed by atoms with Gasteiger partial charge in [-0.3, -0.25) is 4.98 Å². The summed E-state index contributed by atoms with van der Waals surface area (Å²) < 4.78 is 10.6. The minimum absolute atomic E-state index is 0.267. The molecule has 0 unspecified atom stereocenters. The Morgan fingerprint density at radius 1 is 1.16 bits per heavy atom. The molecule has 0 saturated heterocycles. The van der Waals surface area contributed by atoms with Gasteiger partial charge >= 0.3 is 0 Å². The SMILES string of the molecule is NC(=S)c1ccc(Nc2ccc3c(c2)OCO3)cn1. The van der Waals surface area contributed by atoms with Crippen molar-refractivity contribution in [3.8, 4) is 11.5 Å². The molecule has 0 aliphatic carbocycles. The molecule has 0 bridgehead atoms. The highest BCUT2D eigenvalue weighted by atomic mass is 32.1. The van der Waals surface area contributed by atoms with E-state index < -0.39 is 0 Å². The van der Waals surface area contributed by atoms with Crippen LogP contribution in [0, 0.1) is 0 Å².